The summed E-state index contributed by atoms with van der Waals surface area (Å²) < 4.78 is 5.46. The van der Waals surface area contributed by atoms with Gasteiger partial charge in [0, 0.05) is 37.1 Å². The molecule has 2 heterocycles. The zero-order chi connectivity index (χ0) is 20.2. The summed E-state index contributed by atoms with van der Waals surface area (Å²) in [6.45, 7) is 2.96. The molecule has 0 aliphatic carbocycles. The average Bonchev–Trinajstić information content (AvgIpc) is 3.22. The minimum atomic E-state index is 0.112. The van der Waals surface area contributed by atoms with Gasteiger partial charge in [0.1, 0.15) is 10.8 Å². The fraction of sp³-hybridized carbons (Fsp3) is 0.273. The molecule has 5 nitrogen and oxygen atoms in total. The highest BCUT2D eigenvalue weighted by atomic mass is 35.5. The number of para-hydroxylation sites is 2. The number of aromatic nitrogens is 1. The van der Waals surface area contributed by atoms with Gasteiger partial charge in [-0.15, -0.1) is 11.3 Å². The quantitative estimate of drug-likeness (QED) is 0.606. The number of halogens is 1. The Labute approximate surface area is 179 Å². The first-order valence-electron chi connectivity index (χ1n) is 9.51. The van der Waals surface area contributed by atoms with Gasteiger partial charge >= 0.3 is 0 Å². The number of piperazine rings is 1. The fourth-order valence-corrected chi connectivity index (χ4v) is 4.64. The van der Waals surface area contributed by atoms with Crippen LogP contribution in [0.4, 0.5) is 5.69 Å². The van der Waals surface area contributed by atoms with Gasteiger partial charge in [-0.25, -0.2) is 4.98 Å². The van der Waals surface area contributed by atoms with Crippen LogP contribution in [0.1, 0.15) is 5.69 Å². The van der Waals surface area contributed by atoms with Crippen molar-refractivity contribution in [2.24, 2.45) is 0 Å². The van der Waals surface area contributed by atoms with Crippen LogP contribution in [0.15, 0.2) is 53.9 Å². The summed E-state index contributed by atoms with van der Waals surface area (Å²) in [4.78, 5) is 21.6. The number of methoxy groups -OCH3 is 1. The number of carbonyl (C=O) groups is 1. The van der Waals surface area contributed by atoms with Crippen LogP contribution in [-0.2, 0) is 11.2 Å². The van der Waals surface area contributed by atoms with Crippen LogP contribution in [-0.4, -0.2) is 49.1 Å². The number of nitrogens with zero attached hydrogens (tertiary/aromatic N) is 3. The van der Waals surface area contributed by atoms with Crippen molar-refractivity contribution < 1.29 is 9.53 Å². The number of carbonyl (C=O) groups excluding carboxylic acids is 1. The van der Waals surface area contributed by atoms with Crippen molar-refractivity contribution in [3.8, 4) is 16.3 Å². The zero-order valence-electron chi connectivity index (χ0n) is 16.2. The van der Waals surface area contributed by atoms with Gasteiger partial charge in [-0.2, -0.15) is 0 Å². The third-order valence-electron chi connectivity index (χ3n) is 5.05. The summed E-state index contributed by atoms with van der Waals surface area (Å²) in [6, 6.07) is 15.6. The van der Waals surface area contributed by atoms with Crippen molar-refractivity contribution in [2.75, 3.05) is 38.2 Å². The maximum Gasteiger partial charge on any atom is 0.228 e. The molecule has 1 saturated heterocycles. The summed E-state index contributed by atoms with van der Waals surface area (Å²) in [5.74, 6) is 0.975. The molecular formula is C22H22ClN3O2S. The average molecular weight is 428 g/mol. The number of amides is 1. The topological polar surface area (TPSA) is 45.7 Å². The molecule has 2 aromatic carbocycles. The Morgan fingerprint density at radius 2 is 1.83 bits per heavy atom. The van der Waals surface area contributed by atoms with Crippen molar-refractivity contribution in [1.82, 2.24) is 9.88 Å². The molecule has 29 heavy (non-hydrogen) atoms. The van der Waals surface area contributed by atoms with E-state index in [1.165, 1.54) is 11.3 Å². The lowest BCUT2D eigenvalue weighted by Gasteiger charge is -2.36. The molecule has 1 aliphatic rings. The molecule has 1 amide bonds. The van der Waals surface area contributed by atoms with Crippen LogP contribution >= 0.6 is 22.9 Å². The Bertz CT molecular complexity index is 999. The SMILES string of the molecule is COc1ccccc1N1CCN(C(=O)Cc2csc(-c3ccccc3Cl)n2)CC1. The Kier molecular flexibility index (Phi) is 6.02. The molecule has 0 bridgehead atoms. The summed E-state index contributed by atoms with van der Waals surface area (Å²) in [5, 5.41) is 3.47. The Hall–Kier alpha value is -2.57. The summed E-state index contributed by atoms with van der Waals surface area (Å²) >= 11 is 7.78. The third kappa shape index (κ3) is 4.38. The highest BCUT2D eigenvalue weighted by Crippen LogP contribution is 2.31. The van der Waals surface area contributed by atoms with Crippen LogP contribution in [0, 0.1) is 0 Å². The summed E-state index contributed by atoms with van der Waals surface area (Å²) in [6.07, 6.45) is 0.315. The Morgan fingerprint density at radius 1 is 1.10 bits per heavy atom. The van der Waals surface area contributed by atoms with Gasteiger partial charge in [0.2, 0.25) is 5.91 Å². The zero-order valence-corrected chi connectivity index (χ0v) is 17.7. The predicted molar refractivity (Wildman–Crippen MR) is 118 cm³/mol. The molecule has 150 valence electrons. The lowest BCUT2D eigenvalue weighted by molar-refractivity contribution is -0.130. The van der Waals surface area contributed by atoms with E-state index in [9.17, 15) is 4.79 Å². The third-order valence-corrected chi connectivity index (χ3v) is 6.30. The molecule has 0 N–H and O–H groups in total. The second-order valence-corrected chi connectivity index (χ2v) is 8.11. The number of anilines is 1. The maximum absolute atomic E-state index is 12.8. The van der Waals surface area contributed by atoms with Crippen molar-refractivity contribution in [3.63, 3.8) is 0 Å². The van der Waals surface area contributed by atoms with E-state index < -0.39 is 0 Å². The van der Waals surface area contributed by atoms with E-state index in [-0.39, 0.29) is 5.91 Å². The van der Waals surface area contributed by atoms with Crippen molar-refractivity contribution in [2.45, 2.75) is 6.42 Å². The van der Waals surface area contributed by atoms with Crippen molar-refractivity contribution >= 4 is 34.5 Å². The molecule has 1 aliphatic heterocycles. The van der Waals surface area contributed by atoms with E-state index in [1.807, 2.05) is 52.7 Å². The van der Waals surface area contributed by atoms with Crippen LogP contribution in [0.25, 0.3) is 10.6 Å². The second kappa shape index (κ2) is 8.84. The largest absolute Gasteiger partial charge is 0.495 e. The van der Waals surface area contributed by atoms with E-state index in [0.29, 0.717) is 24.5 Å². The normalized spacial score (nSPS) is 14.1. The molecule has 3 aromatic rings. The molecule has 0 unspecified atom stereocenters. The van der Waals surface area contributed by atoms with Gasteiger partial charge in [0.05, 0.1) is 29.9 Å². The van der Waals surface area contributed by atoms with Gasteiger partial charge in [-0.3, -0.25) is 4.79 Å². The molecule has 0 radical (unpaired) electrons. The molecule has 7 heteroatoms. The van der Waals surface area contributed by atoms with Crippen LogP contribution in [0.5, 0.6) is 5.75 Å². The van der Waals surface area contributed by atoms with E-state index in [0.717, 1.165) is 40.8 Å². The lowest BCUT2D eigenvalue weighted by Crippen LogP contribution is -2.49. The van der Waals surface area contributed by atoms with Crippen LogP contribution in [0.2, 0.25) is 5.02 Å². The lowest BCUT2D eigenvalue weighted by atomic mass is 10.2. The number of hydrogen-bond acceptors (Lipinski definition) is 5. The van der Waals surface area contributed by atoms with Gasteiger partial charge in [0.15, 0.2) is 0 Å². The minimum Gasteiger partial charge on any atom is -0.495 e. The standard InChI is InChI=1S/C22H22ClN3O2S/c1-28-20-9-5-4-8-19(20)25-10-12-26(13-11-25)21(27)14-16-15-29-22(24-16)17-6-2-3-7-18(17)23/h2-9,15H,10-14H2,1H3. The number of ether oxygens (including phenoxy) is 1. The number of thiazole rings is 1. The number of rotatable bonds is 5. The van der Waals surface area contributed by atoms with Crippen molar-refractivity contribution in [3.05, 3.63) is 64.6 Å². The van der Waals surface area contributed by atoms with Gasteiger partial charge in [0.25, 0.3) is 0 Å². The summed E-state index contributed by atoms with van der Waals surface area (Å²) in [5.41, 5.74) is 2.77. The maximum atomic E-state index is 12.8. The molecule has 1 fully saturated rings. The summed E-state index contributed by atoms with van der Waals surface area (Å²) in [7, 11) is 1.68. The smallest absolute Gasteiger partial charge is 0.228 e. The van der Waals surface area contributed by atoms with Crippen LogP contribution in [0.3, 0.4) is 0 Å². The minimum absolute atomic E-state index is 0.112. The van der Waals surface area contributed by atoms with Gasteiger partial charge < -0.3 is 14.5 Å². The highest BCUT2D eigenvalue weighted by molar-refractivity contribution is 7.13. The fourth-order valence-electron chi connectivity index (χ4n) is 3.50. The molecule has 0 atom stereocenters. The predicted octanol–water partition coefficient (Wildman–Crippen LogP) is 4.36. The highest BCUT2D eigenvalue weighted by Gasteiger charge is 2.23. The van der Waals surface area contributed by atoms with E-state index in [1.54, 1.807) is 7.11 Å². The van der Waals surface area contributed by atoms with E-state index in [4.69, 9.17) is 16.3 Å². The monoisotopic (exact) mass is 427 g/mol. The molecular weight excluding hydrogens is 406 g/mol. The van der Waals surface area contributed by atoms with E-state index in [2.05, 4.69) is 16.0 Å². The Morgan fingerprint density at radius 3 is 2.59 bits per heavy atom. The van der Waals surface area contributed by atoms with Crippen LogP contribution < -0.4 is 9.64 Å². The number of hydrogen-bond donors (Lipinski definition) is 0. The molecule has 1 aromatic heterocycles. The first-order valence-corrected chi connectivity index (χ1v) is 10.8. The van der Waals surface area contributed by atoms with Gasteiger partial charge in [-0.1, -0.05) is 41.9 Å². The second-order valence-electron chi connectivity index (χ2n) is 6.84. The van der Waals surface area contributed by atoms with Gasteiger partial charge in [-0.05, 0) is 18.2 Å². The molecule has 0 saturated carbocycles. The number of benzene rings is 2. The van der Waals surface area contributed by atoms with E-state index >= 15 is 0 Å². The first-order chi connectivity index (χ1) is 14.2. The molecule has 0 spiro atoms. The van der Waals surface area contributed by atoms with Crippen molar-refractivity contribution in [1.29, 1.82) is 0 Å². The Balaban J connectivity index is 1.37. The molecule has 4 rings (SSSR count). The first kappa shape index (κ1) is 19.7.